The highest BCUT2D eigenvalue weighted by Gasteiger charge is 2.25. The van der Waals surface area contributed by atoms with Gasteiger partial charge in [0, 0.05) is 25.2 Å². The van der Waals surface area contributed by atoms with Crippen molar-refractivity contribution in [3.05, 3.63) is 82.6 Å². The molecule has 0 fully saturated rings. The van der Waals surface area contributed by atoms with Gasteiger partial charge in [-0.05, 0) is 41.7 Å². The molecule has 2 atom stereocenters. The fraction of sp³-hybridized carbons (Fsp3) is 0.333. The zero-order valence-corrected chi connectivity index (χ0v) is 20.6. The van der Waals surface area contributed by atoms with Gasteiger partial charge in [-0.2, -0.15) is 0 Å². The molecule has 36 heavy (non-hydrogen) atoms. The van der Waals surface area contributed by atoms with Gasteiger partial charge in [0.2, 0.25) is 15.8 Å². The Labute approximate surface area is 207 Å². The maximum atomic E-state index is 13.7. The molecular weight excluding hydrogens is 494 g/mol. The van der Waals surface area contributed by atoms with Crippen LogP contribution in [-0.4, -0.2) is 49.5 Å². The van der Waals surface area contributed by atoms with E-state index in [9.17, 15) is 27.1 Å². The van der Waals surface area contributed by atoms with Crippen molar-refractivity contribution >= 4 is 21.7 Å². The zero-order chi connectivity index (χ0) is 26.3. The van der Waals surface area contributed by atoms with E-state index in [0.717, 1.165) is 42.5 Å². The molecule has 2 aromatic carbocycles. The smallest absolute Gasteiger partial charge is 0.290 e. The first kappa shape index (κ1) is 27.2. The van der Waals surface area contributed by atoms with Gasteiger partial charge in [-0.1, -0.05) is 36.3 Å². The molecule has 4 N–H and O–H groups in total. The molecule has 1 amide bonds. The molecule has 1 aromatic heterocycles. The Balaban J connectivity index is 1.71. The van der Waals surface area contributed by atoms with Gasteiger partial charge in [-0.25, -0.2) is 17.2 Å². The molecule has 3 aromatic rings. The monoisotopic (exact) mass is 522 g/mol. The minimum Gasteiger partial charge on any atom is -0.390 e. The number of halogens is 2. The van der Waals surface area contributed by atoms with E-state index in [1.54, 1.807) is 0 Å². The number of anilines is 1. The van der Waals surface area contributed by atoms with E-state index in [2.05, 4.69) is 20.5 Å². The van der Waals surface area contributed by atoms with Crippen LogP contribution in [0.15, 0.2) is 53.1 Å². The molecule has 0 saturated carbocycles. The van der Waals surface area contributed by atoms with Crippen molar-refractivity contribution in [2.45, 2.75) is 38.5 Å². The Morgan fingerprint density at radius 3 is 2.44 bits per heavy atom. The zero-order valence-electron chi connectivity index (χ0n) is 19.8. The number of sulfonamides is 1. The summed E-state index contributed by atoms with van der Waals surface area (Å²) in [5.74, 6) is -2.87. The second kappa shape index (κ2) is 12.1. The first-order chi connectivity index (χ1) is 17.0. The van der Waals surface area contributed by atoms with Crippen molar-refractivity contribution in [1.82, 2.24) is 15.8 Å². The molecule has 2 unspecified atom stereocenters. The van der Waals surface area contributed by atoms with Crippen LogP contribution in [0.1, 0.15) is 34.2 Å². The second-order valence-electron chi connectivity index (χ2n) is 8.38. The van der Waals surface area contributed by atoms with Gasteiger partial charge in [0.05, 0.1) is 18.4 Å². The molecule has 194 valence electrons. The molecule has 0 radical (unpaired) electrons. The van der Waals surface area contributed by atoms with Crippen LogP contribution in [0, 0.1) is 11.6 Å². The van der Waals surface area contributed by atoms with Crippen LogP contribution in [0.3, 0.4) is 0 Å². The highest BCUT2D eigenvalue weighted by atomic mass is 32.2. The molecule has 0 aliphatic rings. The number of aliphatic hydroxyl groups is 1. The van der Waals surface area contributed by atoms with E-state index < -0.39 is 39.7 Å². The van der Waals surface area contributed by atoms with E-state index >= 15 is 0 Å². The van der Waals surface area contributed by atoms with Crippen LogP contribution in [0.4, 0.5) is 14.6 Å². The van der Waals surface area contributed by atoms with Crippen molar-refractivity contribution < 1.29 is 31.6 Å². The van der Waals surface area contributed by atoms with Crippen LogP contribution in [-0.2, 0) is 29.4 Å². The molecule has 3 rings (SSSR count). The molecule has 0 bridgehead atoms. The summed E-state index contributed by atoms with van der Waals surface area (Å²) in [5, 5.41) is 20.0. The molecule has 0 spiro atoms. The van der Waals surface area contributed by atoms with Gasteiger partial charge < -0.3 is 20.3 Å². The lowest BCUT2D eigenvalue weighted by atomic mass is 10.00. The number of hydrogen-bond donors (Lipinski definition) is 4. The van der Waals surface area contributed by atoms with E-state index in [4.69, 9.17) is 4.52 Å². The Morgan fingerprint density at radius 2 is 1.78 bits per heavy atom. The lowest BCUT2D eigenvalue weighted by Gasteiger charge is -2.24. The number of benzene rings is 2. The fourth-order valence-corrected chi connectivity index (χ4v) is 4.07. The number of carbonyl (C=O) groups excluding carboxylic acids is 1. The average molecular weight is 523 g/mol. The minimum atomic E-state index is -3.64. The molecular formula is C24H28F2N4O5S. The third-order valence-electron chi connectivity index (χ3n) is 5.27. The van der Waals surface area contributed by atoms with Crippen molar-refractivity contribution in [2.75, 3.05) is 17.5 Å². The Kier molecular flexibility index (Phi) is 9.13. The van der Waals surface area contributed by atoms with Crippen molar-refractivity contribution in [3.63, 3.8) is 0 Å². The quantitative estimate of drug-likeness (QED) is 0.287. The van der Waals surface area contributed by atoms with Crippen LogP contribution in [0.2, 0.25) is 0 Å². The van der Waals surface area contributed by atoms with Crippen LogP contribution >= 0.6 is 0 Å². The fourth-order valence-electron chi connectivity index (χ4n) is 3.59. The van der Waals surface area contributed by atoms with E-state index in [-0.39, 0.29) is 30.1 Å². The number of nitrogens with one attached hydrogen (secondary N) is 3. The molecule has 0 aliphatic carbocycles. The number of aromatic nitrogens is 1. The number of nitrogens with zero attached hydrogens (tertiary/aromatic N) is 1. The normalized spacial score (nSPS) is 13.2. The minimum absolute atomic E-state index is 0.0659. The number of aryl methyl sites for hydroxylation is 1. The first-order valence-electron chi connectivity index (χ1n) is 11.2. The summed E-state index contributed by atoms with van der Waals surface area (Å²) in [7, 11) is -3.64. The lowest BCUT2D eigenvalue weighted by Crippen LogP contribution is -2.48. The summed E-state index contributed by atoms with van der Waals surface area (Å²) in [6, 6.07) is 11.0. The molecule has 1 heterocycles. The topological polar surface area (TPSA) is 134 Å². The van der Waals surface area contributed by atoms with Gasteiger partial charge in [0.25, 0.3) is 5.91 Å². The number of carbonyl (C=O) groups is 1. The van der Waals surface area contributed by atoms with Gasteiger partial charge >= 0.3 is 0 Å². The van der Waals surface area contributed by atoms with Crippen LogP contribution in [0.5, 0.6) is 0 Å². The van der Waals surface area contributed by atoms with Gasteiger partial charge in [0.1, 0.15) is 11.6 Å². The Hall–Kier alpha value is -3.35. The van der Waals surface area contributed by atoms with Crippen LogP contribution in [0.25, 0.3) is 0 Å². The number of rotatable bonds is 12. The standard InChI is InChI=1S/C24H28F2N4O5S/c1-3-15-5-4-6-16(7-15)13-27-14-21(31)20(10-17-8-18(25)11-19(26)9-17)28-24(32)22-12-23(29-35-22)30-36(2,33)34/h4-9,11-12,20-21,27,31H,3,10,13-14H2,1-2H3,(H,28,32)(H,29,30). The van der Waals surface area contributed by atoms with Crippen molar-refractivity contribution in [1.29, 1.82) is 0 Å². The Bertz CT molecular complexity index is 1280. The van der Waals surface area contributed by atoms with E-state index in [1.807, 2.05) is 31.2 Å². The maximum absolute atomic E-state index is 13.7. The predicted octanol–water partition coefficient (Wildman–Crippen LogP) is 2.38. The summed E-state index contributed by atoms with van der Waals surface area (Å²) in [6.07, 6.45) is 0.568. The molecule has 0 saturated heterocycles. The summed E-state index contributed by atoms with van der Waals surface area (Å²) in [5.41, 5.74) is 2.41. The lowest BCUT2D eigenvalue weighted by molar-refractivity contribution is 0.0797. The SMILES string of the molecule is CCc1cccc(CNCC(O)C(Cc2cc(F)cc(F)c2)NC(=O)c2cc(NS(C)(=O)=O)no2)c1. The van der Waals surface area contributed by atoms with Crippen molar-refractivity contribution in [3.8, 4) is 0 Å². The third kappa shape index (κ3) is 8.40. The highest BCUT2D eigenvalue weighted by molar-refractivity contribution is 7.92. The Morgan fingerprint density at radius 1 is 1.08 bits per heavy atom. The van der Waals surface area contributed by atoms with Gasteiger partial charge in [-0.3, -0.25) is 9.52 Å². The number of aliphatic hydroxyl groups excluding tert-OH is 1. The van der Waals surface area contributed by atoms with Crippen LogP contribution < -0.4 is 15.4 Å². The van der Waals surface area contributed by atoms with E-state index in [0.29, 0.717) is 6.54 Å². The van der Waals surface area contributed by atoms with Gasteiger partial charge in [0.15, 0.2) is 5.82 Å². The second-order valence-corrected chi connectivity index (χ2v) is 10.1. The first-order valence-corrected chi connectivity index (χ1v) is 13.1. The summed E-state index contributed by atoms with van der Waals surface area (Å²) in [6.45, 7) is 2.58. The van der Waals surface area contributed by atoms with Crippen molar-refractivity contribution in [2.24, 2.45) is 0 Å². The maximum Gasteiger partial charge on any atom is 0.290 e. The number of amides is 1. The predicted molar refractivity (Wildman–Crippen MR) is 130 cm³/mol. The summed E-state index contributed by atoms with van der Waals surface area (Å²) >= 11 is 0. The average Bonchev–Trinajstić information content (AvgIpc) is 3.25. The third-order valence-corrected chi connectivity index (χ3v) is 5.84. The van der Waals surface area contributed by atoms with E-state index in [1.165, 1.54) is 5.56 Å². The summed E-state index contributed by atoms with van der Waals surface area (Å²) in [4.78, 5) is 12.7. The molecule has 0 aliphatic heterocycles. The highest BCUT2D eigenvalue weighted by Crippen LogP contribution is 2.14. The number of hydrogen-bond acceptors (Lipinski definition) is 7. The molecule has 9 nitrogen and oxygen atoms in total. The van der Waals surface area contributed by atoms with Gasteiger partial charge in [-0.15, -0.1) is 0 Å². The largest absolute Gasteiger partial charge is 0.390 e. The summed E-state index contributed by atoms with van der Waals surface area (Å²) < 4.78 is 57.1. The molecule has 12 heteroatoms.